The minimum atomic E-state index is -0.967. The molecule has 5 heteroatoms. The summed E-state index contributed by atoms with van der Waals surface area (Å²) in [4.78, 5) is 15.2. The second-order valence-corrected chi connectivity index (χ2v) is 3.78. The molecule has 0 spiro atoms. The fourth-order valence-electron chi connectivity index (χ4n) is 1.74. The third-order valence-corrected chi connectivity index (χ3v) is 2.57. The van der Waals surface area contributed by atoms with Crippen LogP contribution in [0, 0.1) is 0 Å². The Morgan fingerprint density at radius 2 is 2.41 bits per heavy atom. The van der Waals surface area contributed by atoms with Crippen molar-refractivity contribution in [2.45, 2.75) is 26.3 Å². The average Bonchev–Trinajstić information content (AvgIpc) is 2.89. The molecule has 0 aliphatic carbocycles. The van der Waals surface area contributed by atoms with Gasteiger partial charge in [0.05, 0.1) is 12.8 Å². The van der Waals surface area contributed by atoms with E-state index < -0.39 is 5.97 Å². The van der Waals surface area contributed by atoms with Crippen LogP contribution in [0.4, 0.5) is 0 Å². The maximum Gasteiger partial charge on any atom is 0.339 e. The lowest BCUT2D eigenvalue weighted by molar-refractivity contribution is 0.0694. The molecule has 2 rings (SSSR count). The fourth-order valence-corrected chi connectivity index (χ4v) is 1.74. The molecule has 0 radical (unpaired) electrons. The Kier molecular flexibility index (Phi) is 3.27. The monoisotopic (exact) mass is 234 g/mol. The Morgan fingerprint density at radius 1 is 1.59 bits per heavy atom. The molecule has 0 bridgehead atoms. The highest BCUT2D eigenvalue weighted by molar-refractivity contribution is 5.88. The van der Waals surface area contributed by atoms with Crippen molar-refractivity contribution in [2.75, 3.05) is 0 Å². The fraction of sp³-hybridized carbons (Fsp3) is 0.333. The standard InChI is InChI=1S/C12H14N2O3/c1-2-3-11-13-5-6-14(11)8-10-9(12(15)16)4-7-17-10/h4-7H,2-3,8H2,1H3,(H,15,16). The molecular weight excluding hydrogens is 220 g/mol. The maximum atomic E-state index is 10.9. The summed E-state index contributed by atoms with van der Waals surface area (Å²) < 4.78 is 7.11. The zero-order chi connectivity index (χ0) is 12.3. The van der Waals surface area contributed by atoms with Gasteiger partial charge in [0.1, 0.15) is 17.1 Å². The van der Waals surface area contributed by atoms with Crippen LogP contribution in [0.2, 0.25) is 0 Å². The van der Waals surface area contributed by atoms with E-state index in [0.29, 0.717) is 12.3 Å². The van der Waals surface area contributed by atoms with E-state index in [9.17, 15) is 4.79 Å². The first-order valence-corrected chi connectivity index (χ1v) is 5.52. The van der Waals surface area contributed by atoms with Gasteiger partial charge in [0.2, 0.25) is 0 Å². The summed E-state index contributed by atoms with van der Waals surface area (Å²) in [6.45, 7) is 2.48. The zero-order valence-electron chi connectivity index (χ0n) is 9.59. The first-order valence-electron chi connectivity index (χ1n) is 5.52. The van der Waals surface area contributed by atoms with Gasteiger partial charge in [0.25, 0.3) is 0 Å². The van der Waals surface area contributed by atoms with Gasteiger partial charge < -0.3 is 14.1 Å². The number of aromatic carboxylic acids is 1. The van der Waals surface area contributed by atoms with Crippen LogP contribution in [-0.2, 0) is 13.0 Å². The van der Waals surface area contributed by atoms with Gasteiger partial charge in [0, 0.05) is 18.8 Å². The number of hydrogen-bond donors (Lipinski definition) is 1. The molecule has 17 heavy (non-hydrogen) atoms. The maximum absolute atomic E-state index is 10.9. The largest absolute Gasteiger partial charge is 0.478 e. The topological polar surface area (TPSA) is 68.3 Å². The van der Waals surface area contributed by atoms with Crippen molar-refractivity contribution >= 4 is 5.97 Å². The Morgan fingerprint density at radius 3 is 3.12 bits per heavy atom. The van der Waals surface area contributed by atoms with Gasteiger partial charge in [-0.1, -0.05) is 6.92 Å². The van der Waals surface area contributed by atoms with Crippen LogP contribution in [0.1, 0.15) is 35.3 Å². The summed E-state index contributed by atoms with van der Waals surface area (Å²) in [6, 6.07) is 1.47. The molecule has 0 atom stereocenters. The van der Waals surface area contributed by atoms with Crippen molar-refractivity contribution in [3.05, 3.63) is 41.9 Å². The lowest BCUT2D eigenvalue weighted by Crippen LogP contribution is -2.07. The zero-order valence-corrected chi connectivity index (χ0v) is 9.59. The van der Waals surface area contributed by atoms with Crippen molar-refractivity contribution in [1.29, 1.82) is 0 Å². The quantitative estimate of drug-likeness (QED) is 0.860. The summed E-state index contributed by atoms with van der Waals surface area (Å²) in [5.74, 6) is 0.430. The van der Waals surface area contributed by atoms with Crippen LogP contribution in [0.15, 0.2) is 29.1 Å². The summed E-state index contributed by atoms with van der Waals surface area (Å²) in [5.41, 5.74) is 0.209. The van der Waals surface area contributed by atoms with Crippen LogP contribution in [-0.4, -0.2) is 20.6 Å². The van der Waals surface area contributed by atoms with E-state index in [2.05, 4.69) is 11.9 Å². The van der Waals surface area contributed by atoms with Gasteiger partial charge in [-0.15, -0.1) is 0 Å². The molecule has 2 aromatic heterocycles. The van der Waals surface area contributed by atoms with Crippen molar-refractivity contribution in [1.82, 2.24) is 9.55 Å². The summed E-state index contributed by atoms with van der Waals surface area (Å²) in [6.07, 6.45) is 6.82. The highest BCUT2D eigenvalue weighted by Crippen LogP contribution is 2.13. The number of carbonyl (C=O) groups is 1. The third kappa shape index (κ3) is 2.38. The molecule has 0 unspecified atom stereocenters. The van der Waals surface area contributed by atoms with Gasteiger partial charge in [-0.2, -0.15) is 0 Å². The summed E-state index contributed by atoms with van der Waals surface area (Å²) in [5, 5.41) is 8.97. The molecule has 0 saturated carbocycles. The SMILES string of the molecule is CCCc1nccn1Cc1occc1C(=O)O. The van der Waals surface area contributed by atoms with E-state index >= 15 is 0 Å². The Bertz CT molecular complexity index is 513. The van der Waals surface area contributed by atoms with Crippen molar-refractivity contribution in [2.24, 2.45) is 0 Å². The predicted octanol–water partition coefficient (Wildman–Crippen LogP) is 2.18. The van der Waals surface area contributed by atoms with Gasteiger partial charge in [-0.05, 0) is 12.5 Å². The van der Waals surface area contributed by atoms with Crippen LogP contribution < -0.4 is 0 Å². The number of furan rings is 1. The normalized spacial score (nSPS) is 10.6. The molecule has 0 saturated heterocycles. The Balaban J connectivity index is 2.22. The minimum Gasteiger partial charge on any atom is -0.478 e. The molecule has 0 aromatic carbocycles. The van der Waals surface area contributed by atoms with Crippen molar-refractivity contribution in [3.8, 4) is 0 Å². The van der Waals surface area contributed by atoms with Gasteiger partial charge in [-0.25, -0.2) is 9.78 Å². The number of aryl methyl sites for hydroxylation is 1. The molecule has 5 nitrogen and oxygen atoms in total. The number of aromatic nitrogens is 2. The average molecular weight is 234 g/mol. The van der Waals surface area contributed by atoms with E-state index in [1.165, 1.54) is 12.3 Å². The molecule has 0 amide bonds. The number of carboxylic acid groups (broad SMARTS) is 1. The molecule has 1 N–H and O–H groups in total. The van der Waals surface area contributed by atoms with Gasteiger partial charge in [-0.3, -0.25) is 0 Å². The highest BCUT2D eigenvalue weighted by atomic mass is 16.4. The second kappa shape index (κ2) is 4.86. The van der Waals surface area contributed by atoms with E-state index in [4.69, 9.17) is 9.52 Å². The third-order valence-electron chi connectivity index (χ3n) is 2.57. The number of imidazole rings is 1. The van der Waals surface area contributed by atoms with Crippen LogP contribution in [0.5, 0.6) is 0 Å². The molecular formula is C12H14N2O3. The van der Waals surface area contributed by atoms with Crippen molar-refractivity contribution < 1.29 is 14.3 Å². The summed E-state index contributed by atoms with van der Waals surface area (Å²) >= 11 is 0. The smallest absolute Gasteiger partial charge is 0.339 e. The van der Waals surface area contributed by atoms with E-state index in [1.807, 2.05) is 10.8 Å². The Labute approximate surface area is 98.7 Å². The molecule has 0 aliphatic heterocycles. The van der Waals surface area contributed by atoms with Crippen LogP contribution in [0.25, 0.3) is 0 Å². The number of nitrogens with zero attached hydrogens (tertiary/aromatic N) is 2. The first kappa shape index (κ1) is 11.4. The first-order chi connectivity index (χ1) is 8.22. The van der Waals surface area contributed by atoms with Gasteiger partial charge in [0.15, 0.2) is 0 Å². The Hall–Kier alpha value is -2.04. The number of hydrogen-bond acceptors (Lipinski definition) is 3. The predicted molar refractivity (Wildman–Crippen MR) is 61.0 cm³/mol. The molecule has 2 aromatic rings. The number of carboxylic acids is 1. The number of rotatable bonds is 5. The molecule has 2 heterocycles. The van der Waals surface area contributed by atoms with Crippen molar-refractivity contribution in [3.63, 3.8) is 0 Å². The lowest BCUT2D eigenvalue weighted by Gasteiger charge is -2.05. The van der Waals surface area contributed by atoms with Crippen LogP contribution >= 0.6 is 0 Å². The second-order valence-electron chi connectivity index (χ2n) is 3.78. The molecule has 0 aliphatic rings. The molecule has 0 fully saturated rings. The van der Waals surface area contributed by atoms with E-state index in [0.717, 1.165) is 18.7 Å². The van der Waals surface area contributed by atoms with E-state index in [1.54, 1.807) is 6.20 Å². The highest BCUT2D eigenvalue weighted by Gasteiger charge is 2.14. The van der Waals surface area contributed by atoms with E-state index in [-0.39, 0.29) is 5.56 Å². The summed E-state index contributed by atoms with van der Waals surface area (Å²) in [7, 11) is 0. The van der Waals surface area contributed by atoms with Crippen LogP contribution in [0.3, 0.4) is 0 Å². The lowest BCUT2D eigenvalue weighted by atomic mass is 10.2. The van der Waals surface area contributed by atoms with Gasteiger partial charge >= 0.3 is 5.97 Å². The minimum absolute atomic E-state index is 0.209. The molecule has 90 valence electrons.